The summed E-state index contributed by atoms with van der Waals surface area (Å²) in [5, 5.41) is 0.390. The molecule has 2 heterocycles. The summed E-state index contributed by atoms with van der Waals surface area (Å²) in [6, 6.07) is 5.18. The highest BCUT2D eigenvalue weighted by molar-refractivity contribution is 5.96. The molecule has 3 rings (SSSR count). The van der Waals surface area contributed by atoms with Crippen LogP contribution in [0.5, 0.6) is 0 Å². The number of benzene rings is 1. The number of ether oxygens (including phenoxy) is 1. The molecular formula is C14H12FNO4. The molecule has 1 aliphatic heterocycles. The fraction of sp³-hybridized carbons (Fsp3) is 0.286. The van der Waals surface area contributed by atoms with E-state index in [0.29, 0.717) is 31.7 Å². The van der Waals surface area contributed by atoms with E-state index in [-0.39, 0.29) is 11.1 Å². The molecule has 1 aromatic carbocycles. The second-order valence-electron chi connectivity index (χ2n) is 4.53. The minimum absolute atomic E-state index is 0.0787. The van der Waals surface area contributed by atoms with Gasteiger partial charge in [0.1, 0.15) is 17.0 Å². The maximum Gasteiger partial charge on any atom is 0.349 e. The van der Waals surface area contributed by atoms with Crippen LogP contribution in [-0.2, 0) is 4.74 Å². The van der Waals surface area contributed by atoms with Crippen molar-refractivity contribution < 1.29 is 18.3 Å². The van der Waals surface area contributed by atoms with Crippen LogP contribution in [0.3, 0.4) is 0 Å². The molecule has 0 bridgehead atoms. The van der Waals surface area contributed by atoms with Gasteiger partial charge in [0.05, 0.1) is 13.2 Å². The fourth-order valence-corrected chi connectivity index (χ4v) is 2.18. The highest BCUT2D eigenvalue weighted by Crippen LogP contribution is 2.16. The highest BCUT2D eigenvalue weighted by Gasteiger charge is 2.22. The van der Waals surface area contributed by atoms with Crippen LogP contribution >= 0.6 is 0 Å². The summed E-state index contributed by atoms with van der Waals surface area (Å²) in [5.41, 5.74) is -0.527. The lowest BCUT2D eigenvalue weighted by atomic mass is 10.1. The largest absolute Gasteiger partial charge is 0.422 e. The SMILES string of the molecule is O=C(c1cc2cc(F)ccc2oc1=O)N1CCOCC1. The zero-order valence-electron chi connectivity index (χ0n) is 10.6. The lowest BCUT2D eigenvalue weighted by Crippen LogP contribution is -2.42. The van der Waals surface area contributed by atoms with E-state index in [9.17, 15) is 14.0 Å². The standard InChI is InChI=1S/C14H12FNO4/c15-10-1-2-12-9(7-10)8-11(14(18)20-12)13(17)16-3-5-19-6-4-16/h1-2,7-8H,3-6H2. The van der Waals surface area contributed by atoms with Gasteiger partial charge < -0.3 is 14.1 Å². The maximum absolute atomic E-state index is 13.2. The van der Waals surface area contributed by atoms with Crippen molar-refractivity contribution in [3.63, 3.8) is 0 Å². The molecule has 1 aliphatic rings. The van der Waals surface area contributed by atoms with Gasteiger partial charge in [-0.1, -0.05) is 0 Å². The molecule has 1 saturated heterocycles. The molecule has 0 unspecified atom stereocenters. The minimum Gasteiger partial charge on any atom is -0.422 e. The summed E-state index contributed by atoms with van der Waals surface area (Å²) in [5.74, 6) is -0.857. The Morgan fingerprint density at radius 1 is 1.20 bits per heavy atom. The zero-order valence-corrected chi connectivity index (χ0v) is 10.6. The Kier molecular flexibility index (Phi) is 3.23. The van der Waals surface area contributed by atoms with Crippen molar-refractivity contribution >= 4 is 16.9 Å². The summed E-state index contributed by atoms with van der Waals surface area (Å²) in [7, 11) is 0. The van der Waals surface area contributed by atoms with Crippen molar-refractivity contribution in [3.05, 3.63) is 46.1 Å². The first kappa shape index (κ1) is 12.8. The number of carbonyl (C=O) groups excluding carboxylic acids is 1. The first-order valence-corrected chi connectivity index (χ1v) is 6.25. The molecule has 0 aliphatic carbocycles. The normalized spacial score (nSPS) is 15.6. The van der Waals surface area contributed by atoms with E-state index in [1.54, 1.807) is 0 Å². The molecule has 104 valence electrons. The van der Waals surface area contributed by atoms with E-state index in [4.69, 9.17) is 9.15 Å². The Hall–Kier alpha value is -2.21. The molecule has 0 saturated carbocycles. The highest BCUT2D eigenvalue weighted by atomic mass is 19.1. The van der Waals surface area contributed by atoms with E-state index in [2.05, 4.69) is 0 Å². The maximum atomic E-state index is 13.2. The van der Waals surface area contributed by atoms with E-state index in [1.165, 1.54) is 29.2 Å². The average molecular weight is 277 g/mol. The number of rotatable bonds is 1. The molecule has 2 aromatic rings. The van der Waals surface area contributed by atoms with Gasteiger partial charge in [-0.15, -0.1) is 0 Å². The second kappa shape index (κ2) is 5.05. The molecule has 1 amide bonds. The van der Waals surface area contributed by atoms with E-state index in [0.717, 1.165) is 0 Å². The first-order chi connectivity index (χ1) is 9.65. The number of hydrogen-bond donors (Lipinski definition) is 0. The van der Waals surface area contributed by atoms with Gasteiger partial charge in [0.2, 0.25) is 0 Å². The van der Waals surface area contributed by atoms with Gasteiger partial charge >= 0.3 is 5.63 Å². The Balaban J connectivity index is 2.03. The summed E-state index contributed by atoms with van der Waals surface area (Å²) in [6.07, 6.45) is 0. The van der Waals surface area contributed by atoms with Gasteiger partial charge in [-0.3, -0.25) is 4.79 Å². The Labute approximate surface area is 113 Å². The summed E-state index contributed by atoms with van der Waals surface area (Å²) in [6.45, 7) is 1.75. The number of halogens is 1. The molecule has 0 radical (unpaired) electrons. The minimum atomic E-state index is -0.708. The Morgan fingerprint density at radius 2 is 1.95 bits per heavy atom. The van der Waals surface area contributed by atoms with Gasteiger partial charge in [-0.05, 0) is 24.3 Å². The van der Waals surface area contributed by atoms with Crippen LogP contribution in [0.15, 0.2) is 33.5 Å². The third-order valence-corrected chi connectivity index (χ3v) is 3.22. The molecule has 6 heteroatoms. The second-order valence-corrected chi connectivity index (χ2v) is 4.53. The smallest absolute Gasteiger partial charge is 0.349 e. The molecule has 20 heavy (non-hydrogen) atoms. The van der Waals surface area contributed by atoms with Gasteiger partial charge in [-0.25, -0.2) is 9.18 Å². The topological polar surface area (TPSA) is 59.8 Å². The zero-order chi connectivity index (χ0) is 14.1. The van der Waals surface area contributed by atoms with Crippen molar-refractivity contribution in [2.24, 2.45) is 0 Å². The molecule has 0 atom stereocenters. The summed E-state index contributed by atoms with van der Waals surface area (Å²) >= 11 is 0. The molecule has 0 N–H and O–H groups in total. The van der Waals surface area contributed by atoms with Crippen LogP contribution in [0.4, 0.5) is 4.39 Å². The number of hydrogen-bond acceptors (Lipinski definition) is 4. The lowest BCUT2D eigenvalue weighted by molar-refractivity contribution is 0.0300. The van der Waals surface area contributed by atoms with Crippen molar-refractivity contribution in [1.82, 2.24) is 4.90 Å². The fourth-order valence-electron chi connectivity index (χ4n) is 2.18. The predicted molar refractivity (Wildman–Crippen MR) is 69.2 cm³/mol. The van der Waals surface area contributed by atoms with Crippen molar-refractivity contribution in [3.8, 4) is 0 Å². The molecule has 0 spiro atoms. The third-order valence-electron chi connectivity index (χ3n) is 3.22. The number of carbonyl (C=O) groups is 1. The van der Waals surface area contributed by atoms with Crippen molar-refractivity contribution in [2.45, 2.75) is 0 Å². The predicted octanol–water partition coefficient (Wildman–Crippen LogP) is 1.40. The lowest BCUT2D eigenvalue weighted by Gasteiger charge is -2.26. The van der Waals surface area contributed by atoms with Crippen LogP contribution in [0.25, 0.3) is 11.0 Å². The molecule has 5 nitrogen and oxygen atoms in total. The molecule has 1 fully saturated rings. The van der Waals surface area contributed by atoms with Gasteiger partial charge in [-0.2, -0.15) is 0 Å². The number of amides is 1. The van der Waals surface area contributed by atoms with Gasteiger partial charge in [0, 0.05) is 18.5 Å². The number of morpholine rings is 1. The summed E-state index contributed by atoms with van der Waals surface area (Å²) < 4.78 is 23.4. The number of fused-ring (bicyclic) bond motifs is 1. The van der Waals surface area contributed by atoms with Gasteiger partial charge in [0.15, 0.2) is 0 Å². The molecule has 1 aromatic heterocycles. The van der Waals surface area contributed by atoms with Crippen molar-refractivity contribution in [2.75, 3.05) is 26.3 Å². The summed E-state index contributed by atoms with van der Waals surface area (Å²) in [4.78, 5) is 25.7. The molecular weight excluding hydrogens is 265 g/mol. The third kappa shape index (κ3) is 2.30. The Bertz CT molecular complexity index is 719. The van der Waals surface area contributed by atoms with E-state index >= 15 is 0 Å². The first-order valence-electron chi connectivity index (χ1n) is 6.25. The monoisotopic (exact) mass is 277 g/mol. The quantitative estimate of drug-likeness (QED) is 0.739. The number of nitrogens with zero attached hydrogens (tertiary/aromatic N) is 1. The van der Waals surface area contributed by atoms with E-state index < -0.39 is 17.3 Å². The van der Waals surface area contributed by atoms with Crippen molar-refractivity contribution in [1.29, 1.82) is 0 Å². The van der Waals surface area contributed by atoms with Crippen LogP contribution in [0, 0.1) is 5.82 Å². The Morgan fingerprint density at radius 3 is 2.70 bits per heavy atom. The van der Waals surface area contributed by atoms with Crippen LogP contribution in [0.1, 0.15) is 10.4 Å². The average Bonchev–Trinajstić information content (AvgIpc) is 2.47. The van der Waals surface area contributed by atoms with Gasteiger partial charge in [0.25, 0.3) is 5.91 Å². The van der Waals surface area contributed by atoms with Crippen LogP contribution in [-0.4, -0.2) is 37.1 Å². The van der Waals surface area contributed by atoms with Crippen LogP contribution in [0.2, 0.25) is 0 Å². The van der Waals surface area contributed by atoms with Crippen LogP contribution < -0.4 is 5.63 Å². The van der Waals surface area contributed by atoms with E-state index in [1.807, 2.05) is 0 Å².